The second-order valence-electron chi connectivity index (χ2n) is 6.79. The molecular formula is C17H26N4O3S. The maximum Gasteiger partial charge on any atom is 0.272 e. The molecule has 2 fully saturated rings. The van der Waals surface area contributed by atoms with Gasteiger partial charge in [0.1, 0.15) is 5.69 Å². The topological polar surface area (TPSA) is 83.5 Å². The van der Waals surface area contributed by atoms with Crippen LogP contribution in [0.5, 0.6) is 0 Å². The molecule has 2 aliphatic rings. The van der Waals surface area contributed by atoms with E-state index in [9.17, 15) is 13.2 Å². The Morgan fingerprint density at radius 3 is 2.60 bits per heavy atom. The zero-order chi connectivity index (χ0) is 17.9. The monoisotopic (exact) mass is 366 g/mol. The van der Waals surface area contributed by atoms with Gasteiger partial charge in [0.05, 0.1) is 11.5 Å². The number of hydrogen-bond donors (Lipinski definition) is 0. The van der Waals surface area contributed by atoms with E-state index in [-0.39, 0.29) is 23.5 Å². The molecule has 3 rings (SSSR count). The van der Waals surface area contributed by atoms with Gasteiger partial charge >= 0.3 is 0 Å². The van der Waals surface area contributed by atoms with Gasteiger partial charge in [-0.15, -0.1) is 0 Å². The van der Waals surface area contributed by atoms with Crippen molar-refractivity contribution in [2.75, 3.05) is 36.0 Å². The van der Waals surface area contributed by atoms with Crippen LogP contribution in [0.2, 0.25) is 0 Å². The summed E-state index contributed by atoms with van der Waals surface area (Å²) in [6, 6.07) is 1.37. The standard InChI is InChI=1S/C17H26N4O3S/c1-2-21(14-8-12-25(23,24)13-14)16(22)15-7-9-18-17(19-15)20-10-5-3-4-6-11-20/h7,9,14H,2-6,8,10-13H2,1H3. The molecule has 3 heterocycles. The molecule has 1 amide bonds. The third kappa shape index (κ3) is 4.29. The fourth-order valence-corrected chi connectivity index (χ4v) is 5.36. The minimum atomic E-state index is -3.03. The highest BCUT2D eigenvalue weighted by atomic mass is 32.2. The number of anilines is 1. The van der Waals surface area contributed by atoms with Gasteiger partial charge in [-0.2, -0.15) is 0 Å². The molecule has 1 unspecified atom stereocenters. The number of aromatic nitrogens is 2. The van der Waals surface area contributed by atoms with Crippen molar-refractivity contribution in [1.82, 2.24) is 14.9 Å². The lowest BCUT2D eigenvalue weighted by Crippen LogP contribution is -2.41. The fourth-order valence-electron chi connectivity index (χ4n) is 3.63. The Bertz CT molecular complexity index is 714. The third-order valence-electron chi connectivity index (χ3n) is 5.00. The molecular weight excluding hydrogens is 340 g/mol. The highest BCUT2D eigenvalue weighted by Crippen LogP contribution is 2.20. The summed E-state index contributed by atoms with van der Waals surface area (Å²) < 4.78 is 23.5. The van der Waals surface area contributed by atoms with E-state index in [0.29, 0.717) is 24.6 Å². The largest absolute Gasteiger partial charge is 0.341 e. The number of nitrogens with zero attached hydrogens (tertiary/aromatic N) is 4. The maximum atomic E-state index is 12.9. The number of sulfone groups is 1. The van der Waals surface area contributed by atoms with Crippen molar-refractivity contribution in [3.05, 3.63) is 18.0 Å². The van der Waals surface area contributed by atoms with Gasteiger partial charge < -0.3 is 9.80 Å². The number of hydrogen-bond acceptors (Lipinski definition) is 6. The number of amides is 1. The van der Waals surface area contributed by atoms with Crippen molar-refractivity contribution in [3.63, 3.8) is 0 Å². The maximum absolute atomic E-state index is 12.9. The minimum absolute atomic E-state index is 0.0522. The predicted octanol–water partition coefficient (Wildman–Crippen LogP) is 1.51. The average Bonchev–Trinajstić information content (AvgIpc) is 2.80. The lowest BCUT2D eigenvalue weighted by molar-refractivity contribution is 0.0702. The van der Waals surface area contributed by atoms with E-state index in [0.717, 1.165) is 25.9 Å². The number of carbonyl (C=O) groups is 1. The molecule has 0 radical (unpaired) electrons. The molecule has 0 N–H and O–H groups in total. The summed E-state index contributed by atoms with van der Waals surface area (Å²) in [6.07, 6.45) is 6.79. The zero-order valence-electron chi connectivity index (χ0n) is 14.7. The molecule has 25 heavy (non-hydrogen) atoms. The number of rotatable bonds is 4. The molecule has 138 valence electrons. The van der Waals surface area contributed by atoms with Crippen molar-refractivity contribution >= 4 is 21.7 Å². The van der Waals surface area contributed by atoms with Crippen LogP contribution in [0.15, 0.2) is 12.3 Å². The Hall–Kier alpha value is -1.70. The van der Waals surface area contributed by atoms with Crippen LogP contribution in [0.3, 0.4) is 0 Å². The van der Waals surface area contributed by atoms with Crippen molar-refractivity contribution in [1.29, 1.82) is 0 Å². The Morgan fingerprint density at radius 2 is 2.00 bits per heavy atom. The molecule has 1 aromatic rings. The van der Waals surface area contributed by atoms with Crippen LogP contribution >= 0.6 is 0 Å². The van der Waals surface area contributed by atoms with Gasteiger partial charge in [0.15, 0.2) is 9.84 Å². The van der Waals surface area contributed by atoms with E-state index in [1.165, 1.54) is 12.8 Å². The van der Waals surface area contributed by atoms with E-state index in [4.69, 9.17) is 0 Å². The summed E-state index contributed by atoms with van der Waals surface area (Å²) in [6.45, 7) is 4.17. The highest BCUT2D eigenvalue weighted by Gasteiger charge is 2.34. The lowest BCUT2D eigenvalue weighted by atomic mass is 10.2. The Kier molecular flexibility index (Phi) is 5.56. The van der Waals surface area contributed by atoms with Crippen LogP contribution in [-0.4, -0.2) is 66.4 Å². The quantitative estimate of drug-likeness (QED) is 0.803. The van der Waals surface area contributed by atoms with Crippen molar-refractivity contribution < 1.29 is 13.2 Å². The first-order valence-electron chi connectivity index (χ1n) is 9.09. The molecule has 1 aromatic heterocycles. The predicted molar refractivity (Wildman–Crippen MR) is 96.5 cm³/mol. The first-order chi connectivity index (χ1) is 12.0. The first-order valence-corrected chi connectivity index (χ1v) is 10.9. The highest BCUT2D eigenvalue weighted by molar-refractivity contribution is 7.91. The molecule has 0 aromatic carbocycles. The minimum Gasteiger partial charge on any atom is -0.341 e. The smallest absolute Gasteiger partial charge is 0.272 e. The van der Waals surface area contributed by atoms with Crippen LogP contribution in [0.25, 0.3) is 0 Å². The van der Waals surface area contributed by atoms with E-state index in [1.54, 1.807) is 17.2 Å². The Morgan fingerprint density at radius 1 is 1.28 bits per heavy atom. The van der Waals surface area contributed by atoms with Crippen LogP contribution in [-0.2, 0) is 9.84 Å². The van der Waals surface area contributed by atoms with Crippen molar-refractivity contribution in [2.24, 2.45) is 0 Å². The van der Waals surface area contributed by atoms with Crippen LogP contribution in [0, 0.1) is 0 Å². The SMILES string of the molecule is CCN(C(=O)c1ccnc(N2CCCCCC2)n1)C1CCS(=O)(=O)C1. The van der Waals surface area contributed by atoms with Crippen LogP contribution in [0.1, 0.15) is 49.5 Å². The molecule has 1 atom stereocenters. The molecule has 8 heteroatoms. The molecule has 2 saturated heterocycles. The van der Waals surface area contributed by atoms with Crippen molar-refractivity contribution in [3.8, 4) is 0 Å². The van der Waals surface area contributed by atoms with Gasteiger partial charge in [-0.1, -0.05) is 12.8 Å². The van der Waals surface area contributed by atoms with Gasteiger partial charge in [-0.25, -0.2) is 18.4 Å². The van der Waals surface area contributed by atoms with Gasteiger partial charge in [0.25, 0.3) is 5.91 Å². The number of carbonyl (C=O) groups excluding carboxylic acids is 1. The summed E-state index contributed by atoms with van der Waals surface area (Å²) in [5.41, 5.74) is 0.348. The van der Waals surface area contributed by atoms with Gasteiger partial charge in [-0.05, 0) is 32.3 Å². The summed E-state index contributed by atoms with van der Waals surface area (Å²) in [5, 5.41) is 0. The van der Waals surface area contributed by atoms with Crippen LogP contribution in [0.4, 0.5) is 5.95 Å². The molecule has 7 nitrogen and oxygen atoms in total. The lowest BCUT2D eigenvalue weighted by Gasteiger charge is -2.27. The van der Waals surface area contributed by atoms with Gasteiger partial charge in [0, 0.05) is 31.9 Å². The molecule has 0 spiro atoms. The first kappa shape index (κ1) is 18.1. The van der Waals surface area contributed by atoms with E-state index < -0.39 is 9.84 Å². The Labute approximate surface area is 149 Å². The summed E-state index contributed by atoms with van der Waals surface area (Å²) in [5.74, 6) is 0.604. The van der Waals surface area contributed by atoms with E-state index in [1.807, 2.05) is 6.92 Å². The van der Waals surface area contributed by atoms with E-state index in [2.05, 4.69) is 14.9 Å². The summed E-state index contributed by atoms with van der Waals surface area (Å²) in [7, 11) is -3.03. The van der Waals surface area contributed by atoms with Gasteiger partial charge in [-0.3, -0.25) is 4.79 Å². The van der Waals surface area contributed by atoms with E-state index >= 15 is 0 Å². The summed E-state index contributed by atoms with van der Waals surface area (Å²) >= 11 is 0. The fraction of sp³-hybridized carbons (Fsp3) is 0.706. The second kappa shape index (κ2) is 7.68. The Balaban J connectivity index is 1.78. The molecule has 0 bridgehead atoms. The van der Waals surface area contributed by atoms with Crippen molar-refractivity contribution in [2.45, 2.75) is 45.1 Å². The summed E-state index contributed by atoms with van der Waals surface area (Å²) in [4.78, 5) is 25.5. The third-order valence-corrected chi connectivity index (χ3v) is 6.75. The molecule has 0 saturated carbocycles. The normalized spacial score (nSPS) is 23.2. The van der Waals surface area contributed by atoms with Crippen LogP contribution < -0.4 is 4.90 Å². The molecule has 2 aliphatic heterocycles. The average molecular weight is 366 g/mol. The molecule has 0 aliphatic carbocycles. The zero-order valence-corrected chi connectivity index (χ0v) is 15.5. The van der Waals surface area contributed by atoms with Gasteiger partial charge in [0.2, 0.25) is 5.95 Å². The second-order valence-corrected chi connectivity index (χ2v) is 9.02.